The lowest BCUT2D eigenvalue weighted by atomic mass is 10.3. The zero-order chi connectivity index (χ0) is 13.8. The van der Waals surface area contributed by atoms with E-state index in [1.165, 1.54) is 11.8 Å². The number of nitrogens with one attached hydrogen (secondary N) is 1. The van der Waals surface area contributed by atoms with Gasteiger partial charge in [0.2, 0.25) is 0 Å². The number of benzene rings is 1. The molecule has 1 amide bonds. The van der Waals surface area contributed by atoms with Crippen LogP contribution in [0.15, 0.2) is 39.6 Å². The Kier molecular flexibility index (Phi) is 4.36. The number of furan rings is 1. The van der Waals surface area contributed by atoms with Crippen molar-refractivity contribution >= 4 is 35.0 Å². The molecule has 0 saturated heterocycles. The largest absolute Gasteiger partial charge is 0.455 e. The minimum absolute atomic E-state index is 0.172. The van der Waals surface area contributed by atoms with Gasteiger partial charge >= 0.3 is 5.91 Å². The van der Waals surface area contributed by atoms with E-state index in [-0.39, 0.29) is 5.76 Å². The summed E-state index contributed by atoms with van der Waals surface area (Å²) in [5, 5.41) is 0.594. The van der Waals surface area contributed by atoms with E-state index < -0.39 is 5.91 Å². The summed E-state index contributed by atoms with van der Waals surface area (Å²) in [6.45, 7) is 0. The monoisotopic (exact) mass is 297 g/mol. The van der Waals surface area contributed by atoms with Gasteiger partial charge in [0.25, 0.3) is 0 Å². The molecule has 7 heteroatoms. The molecule has 100 valence electrons. The standard InChI is InChI=1S/C12H12ClN3O2S/c13-8-2-1-3-9(14)11(8)19-6-7-4-5-10(18-7)12(17)16-15/h1-5H,6,14-15H2,(H,16,17). The van der Waals surface area contributed by atoms with Crippen LogP contribution in [0.5, 0.6) is 0 Å². The van der Waals surface area contributed by atoms with Gasteiger partial charge in [0.05, 0.1) is 10.8 Å². The number of rotatable bonds is 4. The highest BCUT2D eigenvalue weighted by atomic mass is 35.5. The molecule has 0 spiro atoms. The van der Waals surface area contributed by atoms with Crippen molar-refractivity contribution in [1.82, 2.24) is 5.43 Å². The second-order valence-corrected chi connectivity index (χ2v) is 5.08. The highest BCUT2D eigenvalue weighted by molar-refractivity contribution is 7.98. The Hall–Kier alpha value is -1.63. The zero-order valence-corrected chi connectivity index (χ0v) is 11.4. The minimum atomic E-state index is -0.464. The van der Waals surface area contributed by atoms with Crippen LogP contribution in [0.25, 0.3) is 0 Å². The lowest BCUT2D eigenvalue weighted by molar-refractivity contribution is 0.0924. The van der Waals surface area contributed by atoms with Crippen LogP contribution in [-0.4, -0.2) is 5.91 Å². The Morgan fingerprint density at radius 2 is 2.16 bits per heavy atom. The highest BCUT2D eigenvalue weighted by Gasteiger charge is 2.11. The zero-order valence-electron chi connectivity index (χ0n) is 9.85. The predicted octanol–water partition coefficient (Wildman–Crippen LogP) is 2.41. The first-order valence-corrected chi connectivity index (χ1v) is 6.74. The van der Waals surface area contributed by atoms with E-state index >= 15 is 0 Å². The van der Waals surface area contributed by atoms with Gasteiger partial charge < -0.3 is 10.2 Å². The van der Waals surface area contributed by atoms with E-state index in [1.807, 2.05) is 5.43 Å². The summed E-state index contributed by atoms with van der Waals surface area (Å²) in [4.78, 5) is 12.0. The summed E-state index contributed by atoms with van der Waals surface area (Å²) in [6, 6.07) is 8.62. The van der Waals surface area contributed by atoms with Crippen molar-refractivity contribution in [3.63, 3.8) is 0 Å². The third-order valence-corrected chi connectivity index (χ3v) is 3.97. The minimum Gasteiger partial charge on any atom is -0.455 e. The van der Waals surface area contributed by atoms with E-state index in [0.29, 0.717) is 22.2 Å². The summed E-state index contributed by atoms with van der Waals surface area (Å²) < 4.78 is 5.34. The lowest BCUT2D eigenvalue weighted by Crippen LogP contribution is -2.29. The van der Waals surface area contributed by atoms with Crippen LogP contribution < -0.4 is 17.0 Å². The average molecular weight is 298 g/mol. The smallest absolute Gasteiger partial charge is 0.300 e. The SMILES string of the molecule is NNC(=O)c1ccc(CSc2c(N)cccc2Cl)o1. The fourth-order valence-electron chi connectivity index (χ4n) is 1.47. The van der Waals surface area contributed by atoms with Crippen LogP contribution in [0.4, 0.5) is 5.69 Å². The Balaban J connectivity index is 2.07. The van der Waals surface area contributed by atoms with Gasteiger partial charge in [-0.05, 0) is 24.3 Å². The molecule has 0 aliphatic rings. The van der Waals surface area contributed by atoms with Gasteiger partial charge in [-0.1, -0.05) is 17.7 Å². The van der Waals surface area contributed by atoms with Gasteiger partial charge in [-0.25, -0.2) is 5.84 Å². The summed E-state index contributed by atoms with van der Waals surface area (Å²) in [6.07, 6.45) is 0. The highest BCUT2D eigenvalue weighted by Crippen LogP contribution is 2.34. The number of thioether (sulfide) groups is 1. The number of carbonyl (C=O) groups is 1. The molecule has 5 nitrogen and oxygen atoms in total. The molecule has 0 saturated carbocycles. The Labute approximate surface area is 119 Å². The number of nitrogens with two attached hydrogens (primary N) is 2. The number of halogens is 1. The van der Waals surface area contributed by atoms with E-state index in [1.54, 1.807) is 30.3 Å². The van der Waals surface area contributed by atoms with Crippen molar-refractivity contribution in [3.05, 3.63) is 46.9 Å². The summed E-state index contributed by atoms with van der Waals surface area (Å²) in [5.41, 5.74) is 8.46. The molecule has 0 unspecified atom stereocenters. The number of nitrogen functional groups attached to an aromatic ring is 2. The van der Waals surface area contributed by atoms with Crippen LogP contribution in [0.2, 0.25) is 5.02 Å². The molecule has 0 aliphatic heterocycles. The molecule has 5 N–H and O–H groups in total. The van der Waals surface area contributed by atoms with Gasteiger partial charge in [-0.2, -0.15) is 0 Å². The number of hydrogen-bond donors (Lipinski definition) is 3. The van der Waals surface area contributed by atoms with Crippen molar-refractivity contribution in [2.75, 3.05) is 5.73 Å². The van der Waals surface area contributed by atoms with Crippen molar-refractivity contribution in [3.8, 4) is 0 Å². The quantitative estimate of drug-likeness (QED) is 0.265. The second-order valence-electron chi connectivity index (χ2n) is 3.69. The second kappa shape index (κ2) is 6.01. The van der Waals surface area contributed by atoms with Crippen LogP contribution >= 0.6 is 23.4 Å². The third kappa shape index (κ3) is 3.23. The fraction of sp³-hybridized carbons (Fsp3) is 0.0833. The molecule has 19 heavy (non-hydrogen) atoms. The first kappa shape index (κ1) is 13.8. The van der Waals surface area contributed by atoms with Crippen LogP contribution in [-0.2, 0) is 5.75 Å². The third-order valence-electron chi connectivity index (χ3n) is 2.37. The van der Waals surface area contributed by atoms with Crippen LogP contribution in [0, 0.1) is 0 Å². The summed E-state index contributed by atoms with van der Waals surface area (Å²) in [5.74, 6) is 5.89. The average Bonchev–Trinajstić information content (AvgIpc) is 2.86. The number of anilines is 1. The van der Waals surface area contributed by atoms with Crippen molar-refractivity contribution in [1.29, 1.82) is 0 Å². The van der Waals surface area contributed by atoms with Crippen LogP contribution in [0.1, 0.15) is 16.3 Å². The number of hydrazine groups is 1. The molecule has 0 radical (unpaired) electrons. The first-order valence-electron chi connectivity index (χ1n) is 5.38. The molecule has 0 bridgehead atoms. The molecule has 0 aliphatic carbocycles. The molecule has 2 rings (SSSR count). The van der Waals surface area contributed by atoms with Crippen molar-refractivity contribution < 1.29 is 9.21 Å². The predicted molar refractivity (Wildman–Crippen MR) is 75.8 cm³/mol. The summed E-state index contributed by atoms with van der Waals surface area (Å²) >= 11 is 7.51. The molecule has 1 aromatic heterocycles. The van der Waals surface area contributed by atoms with Gasteiger partial charge in [0.15, 0.2) is 5.76 Å². The van der Waals surface area contributed by atoms with Gasteiger partial charge in [0, 0.05) is 10.6 Å². The Morgan fingerprint density at radius 3 is 2.84 bits per heavy atom. The number of hydrogen-bond acceptors (Lipinski definition) is 5. The Bertz CT molecular complexity index is 580. The maximum Gasteiger partial charge on any atom is 0.300 e. The number of amides is 1. The molecular formula is C12H12ClN3O2S. The molecule has 0 atom stereocenters. The van der Waals surface area contributed by atoms with E-state index in [2.05, 4.69) is 0 Å². The van der Waals surface area contributed by atoms with E-state index in [0.717, 1.165) is 4.90 Å². The maximum absolute atomic E-state index is 11.2. The number of carbonyl (C=O) groups excluding carboxylic acids is 1. The van der Waals surface area contributed by atoms with Crippen LogP contribution in [0.3, 0.4) is 0 Å². The summed E-state index contributed by atoms with van der Waals surface area (Å²) in [7, 11) is 0. The first-order chi connectivity index (χ1) is 9.11. The maximum atomic E-state index is 11.2. The molecule has 1 heterocycles. The normalized spacial score (nSPS) is 10.4. The van der Waals surface area contributed by atoms with E-state index in [4.69, 9.17) is 27.6 Å². The van der Waals surface area contributed by atoms with E-state index in [9.17, 15) is 4.79 Å². The molecule has 1 aromatic carbocycles. The molecular weight excluding hydrogens is 286 g/mol. The Morgan fingerprint density at radius 1 is 1.37 bits per heavy atom. The lowest BCUT2D eigenvalue weighted by Gasteiger charge is -2.06. The van der Waals surface area contributed by atoms with Crippen molar-refractivity contribution in [2.45, 2.75) is 10.6 Å². The fourth-order valence-corrected chi connectivity index (χ4v) is 2.70. The van der Waals surface area contributed by atoms with Gasteiger partial charge in [0.1, 0.15) is 5.76 Å². The van der Waals surface area contributed by atoms with Gasteiger partial charge in [-0.3, -0.25) is 10.2 Å². The van der Waals surface area contributed by atoms with Crippen molar-refractivity contribution in [2.24, 2.45) is 5.84 Å². The topological polar surface area (TPSA) is 94.3 Å². The van der Waals surface area contributed by atoms with Gasteiger partial charge in [-0.15, -0.1) is 11.8 Å². The molecule has 2 aromatic rings. The molecule has 0 fully saturated rings.